The summed E-state index contributed by atoms with van der Waals surface area (Å²) >= 11 is 4.86. The quantitative estimate of drug-likeness (QED) is 0.921. The van der Waals surface area contributed by atoms with Gasteiger partial charge in [-0.05, 0) is 34.2 Å². The Labute approximate surface area is 96.4 Å². The zero-order chi connectivity index (χ0) is 9.97. The van der Waals surface area contributed by atoms with E-state index in [1.807, 2.05) is 0 Å². The zero-order valence-corrected chi connectivity index (χ0v) is 10.6. The van der Waals surface area contributed by atoms with Crippen LogP contribution < -0.4 is 5.32 Å². The molecule has 2 atom stereocenters. The predicted octanol–water partition coefficient (Wildman–Crippen LogP) is 3.15. The second-order valence-corrected chi connectivity index (χ2v) is 6.16. The second-order valence-electron chi connectivity index (χ2n) is 3.91. The Kier molecular flexibility index (Phi) is 3.38. The van der Waals surface area contributed by atoms with Gasteiger partial charge in [0.05, 0.1) is 0 Å². The van der Waals surface area contributed by atoms with Gasteiger partial charge in [0, 0.05) is 6.54 Å². The Bertz CT molecular complexity index is 302. The van der Waals surface area contributed by atoms with E-state index in [2.05, 4.69) is 38.4 Å². The normalized spacial score (nSPS) is 26.7. The summed E-state index contributed by atoms with van der Waals surface area (Å²) in [4.78, 5) is 0. The van der Waals surface area contributed by atoms with Gasteiger partial charge in [0.2, 0.25) is 5.13 Å². The molecule has 1 saturated carbocycles. The highest BCUT2D eigenvalue weighted by atomic mass is 79.9. The first-order valence-electron chi connectivity index (χ1n) is 4.98. The van der Waals surface area contributed by atoms with E-state index in [4.69, 9.17) is 0 Å². The maximum atomic E-state index is 4.01. The lowest BCUT2D eigenvalue weighted by Crippen LogP contribution is -2.16. The summed E-state index contributed by atoms with van der Waals surface area (Å²) in [5.41, 5.74) is 0. The molecule has 2 rings (SSSR count). The molecule has 14 heavy (non-hydrogen) atoms. The molecule has 0 aliphatic heterocycles. The molecule has 0 amide bonds. The van der Waals surface area contributed by atoms with Crippen molar-refractivity contribution in [1.82, 2.24) is 10.2 Å². The first kappa shape index (κ1) is 10.4. The summed E-state index contributed by atoms with van der Waals surface area (Å²) in [6.07, 6.45) is 4.12. The van der Waals surface area contributed by atoms with Crippen molar-refractivity contribution in [2.24, 2.45) is 11.8 Å². The lowest BCUT2D eigenvalue weighted by atomic mass is 9.98. The van der Waals surface area contributed by atoms with Gasteiger partial charge in [0.15, 0.2) is 3.92 Å². The van der Waals surface area contributed by atoms with Crippen LogP contribution in [0.15, 0.2) is 3.92 Å². The van der Waals surface area contributed by atoms with E-state index in [9.17, 15) is 0 Å². The Hall–Kier alpha value is -0.160. The molecule has 2 unspecified atom stereocenters. The fraction of sp³-hybridized carbons (Fsp3) is 0.778. The van der Waals surface area contributed by atoms with Crippen LogP contribution in [0, 0.1) is 11.8 Å². The molecule has 1 heterocycles. The molecular formula is C9H14BrN3S. The minimum atomic E-state index is 0.817. The summed E-state index contributed by atoms with van der Waals surface area (Å²) in [6, 6.07) is 0. The number of halogens is 1. The van der Waals surface area contributed by atoms with Gasteiger partial charge in [-0.15, -0.1) is 10.2 Å². The second kappa shape index (κ2) is 4.57. The Balaban J connectivity index is 1.82. The Morgan fingerprint density at radius 1 is 1.50 bits per heavy atom. The molecule has 1 aliphatic rings. The van der Waals surface area contributed by atoms with Crippen LogP contribution in [0.3, 0.4) is 0 Å². The van der Waals surface area contributed by atoms with Gasteiger partial charge in [-0.25, -0.2) is 0 Å². The molecule has 1 aromatic rings. The molecule has 0 saturated heterocycles. The number of aromatic nitrogens is 2. The van der Waals surface area contributed by atoms with E-state index in [1.54, 1.807) is 11.3 Å². The van der Waals surface area contributed by atoms with E-state index in [0.29, 0.717) is 0 Å². The maximum Gasteiger partial charge on any atom is 0.206 e. The van der Waals surface area contributed by atoms with E-state index in [-0.39, 0.29) is 0 Å². The molecule has 5 heteroatoms. The minimum absolute atomic E-state index is 0.817. The lowest BCUT2D eigenvalue weighted by molar-refractivity contribution is 0.439. The van der Waals surface area contributed by atoms with E-state index >= 15 is 0 Å². The standard InChI is InChI=1S/C9H14BrN3S/c1-6-3-2-4-7(6)5-11-9-13-12-8(10)14-9/h6-7H,2-5H2,1H3,(H,11,13). The molecule has 0 spiro atoms. The summed E-state index contributed by atoms with van der Waals surface area (Å²) in [7, 11) is 0. The molecule has 1 fully saturated rings. The third-order valence-corrected chi connectivity index (χ3v) is 4.27. The molecule has 0 bridgehead atoms. The highest BCUT2D eigenvalue weighted by molar-refractivity contribution is 9.11. The molecule has 0 aromatic carbocycles. The molecule has 1 aromatic heterocycles. The topological polar surface area (TPSA) is 37.8 Å². The van der Waals surface area contributed by atoms with Crippen LogP contribution in [0.1, 0.15) is 26.2 Å². The van der Waals surface area contributed by atoms with Gasteiger partial charge in [-0.3, -0.25) is 0 Å². The van der Waals surface area contributed by atoms with Crippen molar-refractivity contribution in [2.45, 2.75) is 26.2 Å². The third-order valence-electron chi connectivity index (χ3n) is 2.95. The highest BCUT2D eigenvalue weighted by Gasteiger charge is 2.23. The van der Waals surface area contributed by atoms with Gasteiger partial charge >= 0.3 is 0 Å². The first-order valence-corrected chi connectivity index (χ1v) is 6.59. The van der Waals surface area contributed by atoms with Crippen molar-refractivity contribution >= 4 is 32.4 Å². The van der Waals surface area contributed by atoms with Gasteiger partial charge in [0.25, 0.3) is 0 Å². The van der Waals surface area contributed by atoms with Gasteiger partial charge in [-0.1, -0.05) is 31.1 Å². The van der Waals surface area contributed by atoms with Crippen LogP contribution in [0.25, 0.3) is 0 Å². The summed E-state index contributed by atoms with van der Waals surface area (Å²) < 4.78 is 0.847. The third kappa shape index (κ3) is 2.45. The summed E-state index contributed by atoms with van der Waals surface area (Å²) in [5.74, 6) is 1.68. The van der Waals surface area contributed by atoms with Crippen LogP contribution >= 0.6 is 27.3 Å². The molecule has 1 aliphatic carbocycles. The number of anilines is 1. The van der Waals surface area contributed by atoms with Crippen LogP contribution in [0.5, 0.6) is 0 Å². The van der Waals surface area contributed by atoms with Crippen molar-refractivity contribution < 1.29 is 0 Å². The van der Waals surface area contributed by atoms with Crippen molar-refractivity contribution in [2.75, 3.05) is 11.9 Å². The van der Waals surface area contributed by atoms with E-state index < -0.39 is 0 Å². The average molecular weight is 276 g/mol. The minimum Gasteiger partial charge on any atom is -0.360 e. The molecule has 78 valence electrons. The SMILES string of the molecule is CC1CCCC1CNc1nnc(Br)s1. The van der Waals surface area contributed by atoms with Crippen LogP contribution in [0.4, 0.5) is 5.13 Å². The van der Waals surface area contributed by atoms with Crippen LogP contribution in [-0.4, -0.2) is 16.7 Å². The number of nitrogens with one attached hydrogen (secondary N) is 1. The fourth-order valence-electron chi connectivity index (χ4n) is 2.02. The number of hydrogen-bond acceptors (Lipinski definition) is 4. The first-order chi connectivity index (χ1) is 6.75. The smallest absolute Gasteiger partial charge is 0.206 e. The number of nitrogens with zero attached hydrogens (tertiary/aromatic N) is 2. The van der Waals surface area contributed by atoms with Crippen molar-refractivity contribution in [3.63, 3.8) is 0 Å². The Morgan fingerprint density at radius 3 is 2.93 bits per heavy atom. The summed E-state index contributed by atoms with van der Waals surface area (Å²) in [6.45, 7) is 3.39. The molecule has 0 radical (unpaired) electrons. The van der Waals surface area contributed by atoms with Crippen molar-refractivity contribution in [3.8, 4) is 0 Å². The summed E-state index contributed by atoms with van der Waals surface area (Å²) in [5, 5.41) is 12.2. The van der Waals surface area contributed by atoms with Gasteiger partial charge in [0.1, 0.15) is 0 Å². The molecular weight excluding hydrogens is 262 g/mol. The largest absolute Gasteiger partial charge is 0.360 e. The fourth-order valence-corrected chi connectivity index (χ4v) is 3.04. The Morgan fingerprint density at radius 2 is 2.36 bits per heavy atom. The van der Waals surface area contributed by atoms with E-state index in [1.165, 1.54) is 19.3 Å². The predicted molar refractivity (Wildman–Crippen MR) is 62.6 cm³/mol. The number of rotatable bonds is 3. The lowest BCUT2D eigenvalue weighted by Gasteiger charge is -2.14. The average Bonchev–Trinajstić information content (AvgIpc) is 2.72. The maximum absolute atomic E-state index is 4.01. The van der Waals surface area contributed by atoms with Crippen LogP contribution in [0.2, 0.25) is 0 Å². The highest BCUT2D eigenvalue weighted by Crippen LogP contribution is 2.31. The van der Waals surface area contributed by atoms with Gasteiger partial charge in [-0.2, -0.15) is 0 Å². The van der Waals surface area contributed by atoms with E-state index in [0.717, 1.165) is 27.4 Å². The molecule has 3 nitrogen and oxygen atoms in total. The van der Waals surface area contributed by atoms with Gasteiger partial charge < -0.3 is 5.32 Å². The zero-order valence-electron chi connectivity index (χ0n) is 8.16. The van der Waals surface area contributed by atoms with Crippen molar-refractivity contribution in [3.05, 3.63) is 3.92 Å². The molecule has 1 N–H and O–H groups in total. The van der Waals surface area contributed by atoms with Crippen LogP contribution in [-0.2, 0) is 0 Å². The number of hydrogen-bond donors (Lipinski definition) is 1. The van der Waals surface area contributed by atoms with Crippen molar-refractivity contribution in [1.29, 1.82) is 0 Å². The monoisotopic (exact) mass is 275 g/mol.